The summed E-state index contributed by atoms with van der Waals surface area (Å²) in [6, 6.07) is 3.93. The molecule has 0 unspecified atom stereocenters. The lowest BCUT2D eigenvalue weighted by Crippen LogP contribution is -2.41. The van der Waals surface area contributed by atoms with Gasteiger partial charge in [-0.2, -0.15) is 0 Å². The summed E-state index contributed by atoms with van der Waals surface area (Å²) >= 11 is 0. The van der Waals surface area contributed by atoms with Gasteiger partial charge in [-0.25, -0.2) is 0 Å². The first-order valence-electron chi connectivity index (χ1n) is 6.21. The van der Waals surface area contributed by atoms with Crippen LogP contribution in [0.15, 0.2) is 24.9 Å². The van der Waals surface area contributed by atoms with Crippen LogP contribution >= 0.6 is 0 Å². The molecular weight excluding hydrogens is 225 g/mol. The molecule has 1 aromatic rings. The van der Waals surface area contributed by atoms with Crippen molar-refractivity contribution in [1.29, 1.82) is 0 Å². The van der Waals surface area contributed by atoms with Crippen LogP contribution < -0.4 is 0 Å². The topological polar surface area (TPSA) is 31.4 Å². The van der Waals surface area contributed by atoms with Gasteiger partial charge in [0.05, 0.1) is 16.9 Å². The van der Waals surface area contributed by atoms with Crippen molar-refractivity contribution in [2.75, 3.05) is 0 Å². The van der Waals surface area contributed by atoms with Gasteiger partial charge in [0, 0.05) is 11.7 Å². The molecular formula is C14H20BNO2. The second kappa shape index (κ2) is 4.21. The maximum atomic E-state index is 5.97. The van der Waals surface area contributed by atoms with Crippen LogP contribution in [-0.2, 0) is 9.31 Å². The van der Waals surface area contributed by atoms with E-state index in [0.29, 0.717) is 0 Å². The number of nitrogens with zero attached hydrogens (tertiary/aromatic N) is 1. The first-order valence-corrected chi connectivity index (χ1v) is 6.21. The van der Waals surface area contributed by atoms with Crippen LogP contribution in [0.4, 0.5) is 0 Å². The highest BCUT2D eigenvalue weighted by molar-refractivity contribution is 6.68. The number of hydrogen-bond donors (Lipinski definition) is 0. The van der Waals surface area contributed by atoms with E-state index in [1.165, 1.54) is 0 Å². The number of hydrogen-bond acceptors (Lipinski definition) is 3. The fourth-order valence-electron chi connectivity index (χ4n) is 1.92. The van der Waals surface area contributed by atoms with Crippen LogP contribution in [0.1, 0.15) is 39.0 Å². The molecule has 0 bridgehead atoms. The molecule has 0 spiro atoms. The third kappa shape index (κ3) is 2.11. The fourth-order valence-corrected chi connectivity index (χ4v) is 1.92. The highest BCUT2D eigenvalue weighted by atomic mass is 16.7. The highest BCUT2D eigenvalue weighted by Crippen LogP contribution is 2.40. The Morgan fingerprint density at radius 3 is 2.28 bits per heavy atom. The molecule has 1 fully saturated rings. The summed E-state index contributed by atoms with van der Waals surface area (Å²) in [7, 11) is -0.427. The molecule has 2 rings (SSSR count). The maximum absolute atomic E-state index is 5.97. The molecule has 18 heavy (non-hydrogen) atoms. The Morgan fingerprint density at radius 1 is 1.22 bits per heavy atom. The number of aryl methyl sites for hydroxylation is 1. The Morgan fingerprint density at radius 2 is 1.78 bits per heavy atom. The van der Waals surface area contributed by atoms with Crippen LogP contribution in [0.5, 0.6) is 0 Å². The second-order valence-electron chi connectivity index (χ2n) is 5.78. The van der Waals surface area contributed by atoms with Crippen molar-refractivity contribution in [2.24, 2.45) is 0 Å². The van der Waals surface area contributed by atoms with Crippen molar-refractivity contribution in [3.05, 3.63) is 36.2 Å². The molecule has 2 heterocycles. The Labute approximate surface area is 109 Å². The average Bonchev–Trinajstić information content (AvgIpc) is 2.48. The zero-order valence-corrected chi connectivity index (χ0v) is 11.8. The zero-order valence-electron chi connectivity index (χ0n) is 11.8. The minimum absolute atomic E-state index is 0.344. The summed E-state index contributed by atoms with van der Waals surface area (Å²) in [4.78, 5) is 4.36. The second-order valence-corrected chi connectivity index (χ2v) is 5.78. The van der Waals surface area contributed by atoms with Gasteiger partial charge in [0.1, 0.15) is 0 Å². The van der Waals surface area contributed by atoms with E-state index in [1.807, 2.05) is 46.8 Å². The van der Waals surface area contributed by atoms with E-state index in [-0.39, 0.29) is 11.2 Å². The van der Waals surface area contributed by atoms with E-state index < -0.39 is 7.12 Å². The number of aromatic nitrogens is 1. The molecule has 1 saturated heterocycles. The van der Waals surface area contributed by atoms with Crippen LogP contribution in [-0.4, -0.2) is 23.3 Å². The minimum atomic E-state index is -0.427. The van der Waals surface area contributed by atoms with Gasteiger partial charge in [0.2, 0.25) is 0 Å². The third-order valence-electron chi connectivity index (χ3n) is 3.85. The van der Waals surface area contributed by atoms with Gasteiger partial charge in [-0.1, -0.05) is 12.6 Å². The van der Waals surface area contributed by atoms with Crippen molar-refractivity contribution >= 4 is 12.6 Å². The zero-order chi connectivity index (χ0) is 13.6. The summed E-state index contributed by atoms with van der Waals surface area (Å²) in [6.45, 7) is 14.2. The largest absolute Gasteiger partial charge is 0.496 e. The molecule has 96 valence electrons. The molecule has 0 aromatic carbocycles. The van der Waals surface area contributed by atoms with Gasteiger partial charge >= 0.3 is 7.12 Å². The van der Waals surface area contributed by atoms with Gasteiger partial charge < -0.3 is 9.31 Å². The van der Waals surface area contributed by atoms with Crippen molar-refractivity contribution in [3.63, 3.8) is 0 Å². The molecule has 1 aromatic heterocycles. The molecule has 0 amide bonds. The van der Waals surface area contributed by atoms with Crippen LogP contribution in [0.2, 0.25) is 0 Å². The van der Waals surface area contributed by atoms with Crippen molar-refractivity contribution < 1.29 is 9.31 Å². The smallest absolute Gasteiger partial charge is 0.399 e. The summed E-state index contributed by atoms with van der Waals surface area (Å²) in [5.41, 5.74) is 2.03. The van der Waals surface area contributed by atoms with Gasteiger partial charge in [-0.05, 0) is 46.2 Å². The van der Waals surface area contributed by atoms with Crippen molar-refractivity contribution in [2.45, 2.75) is 45.8 Å². The molecule has 4 heteroatoms. The minimum Gasteiger partial charge on any atom is -0.399 e. The number of pyridine rings is 1. The van der Waals surface area contributed by atoms with Crippen molar-refractivity contribution in [1.82, 2.24) is 4.98 Å². The number of rotatable bonds is 2. The lowest BCUT2D eigenvalue weighted by atomic mass is 9.76. The Kier molecular flexibility index (Phi) is 3.12. The molecule has 0 N–H and O–H groups in total. The Bertz CT molecular complexity index is 466. The SMILES string of the molecule is C=C(B1OC(C)(C)C(C)(C)O1)c1ncccc1C. The lowest BCUT2D eigenvalue weighted by molar-refractivity contribution is 0.00578. The predicted molar refractivity (Wildman–Crippen MR) is 74.1 cm³/mol. The van der Waals surface area contributed by atoms with Crippen molar-refractivity contribution in [3.8, 4) is 0 Å². The molecule has 3 nitrogen and oxygen atoms in total. The molecule has 0 radical (unpaired) electrons. The highest BCUT2D eigenvalue weighted by Gasteiger charge is 2.52. The predicted octanol–water partition coefficient (Wildman–Crippen LogP) is 3.03. The maximum Gasteiger partial charge on any atom is 0.496 e. The molecule has 0 aliphatic carbocycles. The quantitative estimate of drug-likeness (QED) is 0.750. The Balaban J connectivity index is 2.26. The van der Waals surface area contributed by atoms with E-state index in [2.05, 4.69) is 11.6 Å². The monoisotopic (exact) mass is 245 g/mol. The van der Waals surface area contributed by atoms with Gasteiger partial charge in [-0.15, -0.1) is 0 Å². The van der Waals surface area contributed by atoms with E-state index in [0.717, 1.165) is 16.7 Å². The van der Waals surface area contributed by atoms with Crippen LogP contribution in [0, 0.1) is 6.92 Å². The van der Waals surface area contributed by atoms with Crippen LogP contribution in [0.25, 0.3) is 5.47 Å². The van der Waals surface area contributed by atoms with Gasteiger partial charge in [-0.3, -0.25) is 4.98 Å². The average molecular weight is 245 g/mol. The summed E-state index contributed by atoms with van der Waals surface area (Å²) in [5, 5.41) is 0. The molecule has 1 aliphatic rings. The summed E-state index contributed by atoms with van der Waals surface area (Å²) < 4.78 is 11.9. The fraction of sp³-hybridized carbons (Fsp3) is 0.500. The molecule has 0 atom stereocenters. The van der Waals surface area contributed by atoms with Crippen LogP contribution in [0.3, 0.4) is 0 Å². The Hall–Kier alpha value is -1.13. The van der Waals surface area contributed by atoms with Gasteiger partial charge in [0.25, 0.3) is 0 Å². The standard InChI is InChI=1S/C14H20BNO2/c1-10-8-7-9-16-12(10)11(2)15-17-13(3,4)14(5,6)18-15/h7-9H,2H2,1,3-6H3. The van der Waals surface area contributed by atoms with E-state index in [9.17, 15) is 0 Å². The normalized spacial score (nSPS) is 21.1. The van der Waals surface area contributed by atoms with E-state index in [1.54, 1.807) is 6.20 Å². The first kappa shape index (κ1) is 13.3. The van der Waals surface area contributed by atoms with E-state index in [4.69, 9.17) is 9.31 Å². The lowest BCUT2D eigenvalue weighted by Gasteiger charge is -2.32. The molecule has 1 aliphatic heterocycles. The van der Waals surface area contributed by atoms with E-state index >= 15 is 0 Å². The summed E-state index contributed by atoms with van der Waals surface area (Å²) in [5.74, 6) is 0. The molecule has 0 saturated carbocycles. The summed E-state index contributed by atoms with van der Waals surface area (Å²) in [6.07, 6.45) is 1.76. The first-order chi connectivity index (χ1) is 8.24. The van der Waals surface area contributed by atoms with Gasteiger partial charge in [0.15, 0.2) is 0 Å². The third-order valence-corrected chi connectivity index (χ3v) is 3.85.